The summed E-state index contributed by atoms with van der Waals surface area (Å²) in [6.07, 6.45) is 0.353. The maximum absolute atomic E-state index is 13.5. The third kappa shape index (κ3) is 5.15. The van der Waals surface area contributed by atoms with Crippen LogP contribution in [0.3, 0.4) is 0 Å². The minimum Gasteiger partial charge on any atom is -0.366 e. The molecule has 0 spiro atoms. The van der Waals surface area contributed by atoms with Crippen molar-refractivity contribution in [3.63, 3.8) is 0 Å². The summed E-state index contributed by atoms with van der Waals surface area (Å²) in [7, 11) is 0. The van der Waals surface area contributed by atoms with E-state index in [9.17, 15) is 19.2 Å². The van der Waals surface area contributed by atoms with Crippen molar-refractivity contribution in [3.8, 4) is 0 Å². The molecule has 2 aromatic carbocycles. The number of hydrogen-bond acceptors (Lipinski definition) is 5. The fourth-order valence-electron chi connectivity index (χ4n) is 4.09. The number of hydrogen-bond donors (Lipinski definition) is 3. The normalized spacial score (nSPS) is 18.9. The van der Waals surface area contributed by atoms with Crippen molar-refractivity contribution < 1.29 is 19.2 Å². The number of nitrogens with zero attached hydrogens (tertiary/aromatic N) is 2. The van der Waals surface area contributed by atoms with E-state index >= 15 is 0 Å². The second-order valence-corrected chi connectivity index (χ2v) is 8.54. The van der Waals surface area contributed by atoms with Crippen molar-refractivity contribution in [1.82, 2.24) is 15.1 Å². The van der Waals surface area contributed by atoms with E-state index < -0.39 is 11.9 Å². The molecule has 10 heteroatoms. The van der Waals surface area contributed by atoms with Crippen LogP contribution < -0.4 is 16.4 Å². The summed E-state index contributed by atoms with van der Waals surface area (Å²) in [5.74, 6) is -1.22. The zero-order chi connectivity index (χ0) is 23.5. The van der Waals surface area contributed by atoms with Crippen molar-refractivity contribution >= 4 is 40.9 Å². The lowest BCUT2D eigenvalue weighted by molar-refractivity contribution is -0.124. The van der Waals surface area contributed by atoms with Gasteiger partial charge in [0.1, 0.15) is 6.04 Å². The maximum Gasteiger partial charge on any atom is 0.256 e. The fourth-order valence-corrected chi connectivity index (χ4v) is 4.26. The van der Waals surface area contributed by atoms with Gasteiger partial charge in [-0.1, -0.05) is 23.7 Å². The molecular weight excluding hydrogens is 446 g/mol. The van der Waals surface area contributed by atoms with Crippen LogP contribution in [0.1, 0.15) is 32.7 Å². The number of carbonyl (C=O) groups is 4. The lowest BCUT2D eigenvalue weighted by Crippen LogP contribution is -2.50. The number of fused-ring (bicyclic) bond motifs is 1. The number of carbonyl (C=O) groups excluding carboxylic acids is 4. The van der Waals surface area contributed by atoms with Gasteiger partial charge in [0.25, 0.3) is 5.91 Å². The van der Waals surface area contributed by atoms with E-state index in [4.69, 9.17) is 17.3 Å². The molecule has 1 atom stereocenters. The maximum atomic E-state index is 13.5. The average Bonchev–Trinajstić information content (AvgIpc) is 2.87. The molecule has 4 amide bonds. The molecule has 2 aromatic rings. The lowest BCUT2D eigenvalue weighted by Gasteiger charge is -2.32. The number of benzene rings is 2. The summed E-state index contributed by atoms with van der Waals surface area (Å²) in [6.45, 7) is 2.13. The van der Waals surface area contributed by atoms with Crippen molar-refractivity contribution in [2.45, 2.75) is 19.0 Å². The first-order chi connectivity index (χ1) is 15.8. The van der Waals surface area contributed by atoms with Gasteiger partial charge in [-0.25, -0.2) is 0 Å². The standard InChI is InChI=1S/C23H24ClN5O4/c24-16-5-6-17-18(11-16)27-22(32)19(7-9-28-10-8-26-20(30)13-28)29(23(17)33)12-14-1-3-15(4-2-14)21(25)31/h1-6,11,19H,7-10,12-13H2,(H2,25,31)(H,26,30)(H,27,32)/t19-/m1/s1. The van der Waals surface area contributed by atoms with Crippen LogP contribution in [0.25, 0.3) is 0 Å². The number of primary amides is 1. The van der Waals surface area contributed by atoms with Gasteiger partial charge in [-0.15, -0.1) is 0 Å². The van der Waals surface area contributed by atoms with Crippen LogP contribution >= 0.6 is 11.6 Å². The number of anilines is 1. The molecule has 0 unspecified atom stereocenters. The molecule has 4 N–H and O–H groups in total. The summed E-state index contributed by atoms with van der Waals surface area (Å²) >= 11 is 6.09. The lowest BCUT2D eigenvalue weighted by atomic mass is 10.1. The number of amides is 4. The summed E-state index contributed by atoms with van der Waals surface area (Å²) in [5.41, 5.74) is 7.14. The summed E-state index contributed by atoms with van der Waals surface area (Å²) < 4.78 is 0. The van der Waals surface area contributed by atoms with Gasteiger partial charge in [0.2, 0.25) is 17.7 Å². The van der Waals surface area contributed by atoms with Gasteiger partial charge in [-0.2, -0.15) is 0 Å². The monoisotopic (exact) mass is 469 g/mol. The van der Waals surface area contributed by atoms with E-state index in [0.717, 1.165) is 5.56 Å². The molecule has 9 nitrogen and oxygen atoms in total. The first-order valence-electron chi connectivity index (χ1n) is 10.6. The molecule has 1 saturated heterocycles. The molecule has 2 heterocycles. The van der Waals surface area contributed by atoms with Crippen LogP contribution in [-0.2, 0) is 16.1 Å². The summed E-state index contributed by atoms with van der Waals surface area (Å²) in [6, 6.07) is 10.6. The van der Waals surface area contributed by atoms with E-state index in [1.54, 1.807) is 42.5 Å². The third-order valence-electron chi connectivity index (χ3n) is 5.84. The molecule has 2 aliphatic heterocycles. The van der Waals surface area contributed by atoms with E-state index in [2.05, 4.69) is 10.6 Å². The minimum absolute atomic E-state index is 0.0592. The largest absolute Gasteiger partial charge is 0.366 e. The fraction of sp³-hybridized carbons (Fsp3) is 0.304. The zero-order valence-corrected chi connectivity index (χ0v) is 18.6. The molecule has 0 radical (unpaired) electrons. The Bertz CT molecular complexity index is 1100. The van der Waals surface area contributed by atoms with E-state index in [1.807, 2.05) is 4.90 Å². The number of halogens is 1. The molecule has 0 aliphatic carbocycles. The summed E-state index contributed by atoms with van der Waals surface area (Å²) in [4.78, 5) is 53.3. The summed E-state index contributed by atoms with van der Waals surface area (Å²) in [5, 5.41) is 6.02. The minimum atomic E-state index is -0.760. The Kier molecular flexibility index (Phi) is 6.62. The molecule has 1 fully saturated rings. The third-order valence-corrected chi connectivity index (χ3v) is 6.07. The van der Waals surface area contributed by atoms with Crippen molar-refractivity contribution in [2.24, 2.45) is 5.73 Å². The SMILES string of the molecule is NC(=O)c1ccc(CN2C(=O)c3ccc(Cl)cc3NC(=O)[C@H]2CCN2CCNC(=O)C2)cc1. The van der Waals surface area contributed by atoms with Gasteiger partial charge < -0.3 is 21.3 Å². The van der Waals surface area contributed by atoms with Gasteiger partial charge in [-0.05, 0) is 42.3 Å². The molecular formula is C23H24ClN5O4. The molecule has 2 aliphatic rings. The van der Waals surface area contributed by atoms with Crippen molar-refractivity contribution in [2.75, 3.05) is 31.5 Å². The van der Waals surface area contributed by atoms with E-state index in [-0.39, 0.29) is 30.8 Å². The molecule has 172 valence electrons. The van der Waals surface area contributed by atoms with Crippen LogP contribution in [-0.4, -0.2) is 65.6 Å². The molecule has 0 saturated carbocycles. The quantitative estimate of drug-likeness (QED) is 0.586. The first kappa shape index (κ1) is 22.8. The highest BCUT2D eigenvalue weighted by Gasteiger charge is 2.36. The Morgan fingerprint density at radius 2 is 1.88 bits per heavy atom. The molecule has 4 rings (SSSR count). The van der Waals surface area contributed by atoms with Gasteiger partial charge >= 0.3 is 0 Å². The Morgan fingerprint density at radius 3 is 2.58 bits per heavy atom. The van der Waals surface area contributed by atoms with Gasteiger partial charge in [0.05, 0.1) is 17.8 Å². The number of nitrogens with two attached hydrogens (primary N) is 1. The smallest absolute Gasteiger partial charge is 0.256 e. The Hall–Kier alpha value is -3.43. The Morgan fingerprint density at radius 1 is 1.12 bits per heavy atom. The van der Waals surface area contributed by atoms with Gasteiger partial charge in [0.15, 0.2) is 0 Å². The van der Waals surface area contributed by atoms with Crippen molar-refractivity contribution in [3.05, 3.63) is 64.2 Å². The highest BCUT2D eigenvalue weighted by molar-refractivity contribution is 6.31. The first-order valence-corrected chi connectivity index (χ1v) is 11.0. The van der Waals surface area contributed by atoms with Gasteiger partial charge in [0, 0.05) is 36.8 Å². The van der Waals surface area contributed by atoms with Crippen LogP contribution in [0.2, 0.25) is 5.02 Å². The Labute approximate surface area is 195 Å². The van der Waals surface area contributed by atoms with Crippen LogP contribution in [0.15, 0.2) is 42.5 Å². The van der Waals surface area contributed by atoms with Gasteiger partial charge in [-0.3, -0.25) is 24.1 Å². The number of nitrogens with one attached hydrogen (secondary N) is 2. The van der Waals surface area contributed by atoms with Crippen molar-refractivity contribution in [1.29, 1.82) is 0 Å². The highest BCUT2D eigenvalue weighted by Crippen LogP contribution is 2.28. The number of piperazine rings is 1. The second kappa shape index (κ2) is 9.60. The predicted octanol–water partition coefficient (Wildman–Crippen LogP) is 1.22. The van der Waals surface area contributed by atoms with Crippen LogP contribution in [0.4, 0.5) is 5.69 Å². The van der Waals surface area contributed by atoms with E-state index in [1.165, 1.54) is 4.90 Å². The molecule has 0 aromatic heterocycles. The predicted molar refractivity (Wildman–Crippen MR) is 123 cm³/mol. The Balaban J connectivity index is 1.62. The van der Waals surface area contributed by atoms with Crippen LogP contribution in [0.5, 0.6) is 0 Å². The zero-order valence-electron chi connectivity index (χ0n) is 17.8. The topological polar surface area (TPSA) is 125 Å². The number of rotatable bonds is 6. The highest BCUT2D eigenvalue weighted by atomic mass is 35.5. The molecule has 33 heavy (non-hydrogen) atoms. The second-order valence-electron chi connectivity index (χ2n) is 8.10. The molecule has 0 bridgehead atoms. The average molecular weight is 470 g/mol. The van der Waals surface area contributed by atoms with Crippen LogP contribution in [0, 0.1) is 0 Å². The van der Waals surface area contributed by atoms with E-state index in [0.29, 0.717) is 47.9 Å².